The average Bonchev–Trinajstić information content (AvgIpc) is 3.19. The molecule has 2 aliphatic rings. The number of anilines is 1. The SMILES string of the molecule is Cc1cc(C(=O)NC2CCCC2)ccc1NC(=O)CN1C(=O)NC(=O)C1(C)C. The molecule has 2 fully saturated rings. The molecule has 3 N–H and O–H groups in total. The number of hydrogen-bond acceptors (Lipinski definition) is 4. The van der Waals surface area contributed by atoms with Crippen LogP contribution in [0, 0.1) is 6.92 Å². The lowest BCUT2D eigenvalue weighted by molar-refractivity contribution is -0.126. The standard InChI is InChI=1S/C20H26N4O4/c1-12-10-13(17(26)21-14-6-4-5-7-14)8-9-15(12)22-16(25)11-24-19(28)23-18(27)20(24,2)3/h8-10,14H,4-7,11H2,1-3H3,(H,21,26)(H,22,25)(H,23,27,28). The van der Waals surface area contributed by atoms with Crippen LogP contribution in [0.1, 0.15) is 55.5 Å². The molecule has 5 amide bonds. The van der Waals surface area contributed by atoms with Crippen molar-refractivity contribution in [2.45, 2.75) is 58.0 Å². The number of carbonyl (C=O) groups is 4. The van der Waals surface area contributed by atoms with Crippen LogP contribution in [-0.2, 0) is 9.59 Å². The minimum Gasteiger partial charge on any atom is -0.349 e. The van der Waals surface area contributed by atoms with Crippen molar-refractivity contribution in [3.8, 4) is 0 Å². The lowest BCUT2D eigenvalue weighted by atomic mass is 10.0. The molecule has 8 nitrogen and oxygen atoms in total. The largest absolute Gasteiger partial charge is 0.349 e. The lowest BCUT2D eigenvalue weighted by Gasteiger charge is -2.27. The Kier molecular flexibility index (Phi) is 5.40. The van der Waals surface area contributed by atoms with Crippen molar-refractivity contribution in [1.82, 2.24) is 15.5 Å². The molecule has 1 heterocycles. The van der Waals surface area contributed by atoms with Gasteiger partial charge in [0.1, 0.15) is 12.1 Å². The Bertz CT molecular complexity index is 827. The Morgan fingerprint density at radius 3 is 2.46 bits per heavy atom. The first-order chi connectivity index (χ1) is 13.2. The van der Waals surface area contributed by atoms with E-state index in [0.717, 1.165) is 31.2 Å². The van der Waals surface area contributed by atoms with Gasteiger partial charge in [0.25, 0.3) is 11.8 Å². The van der Waals surface area contributed by atoms with Gasteiger partial charge in [0.2, 0.25) is 5.91 Å². The second kappa shape index (κ2) is 7.61. The molecule has 28 heavy (non-hydrogen) atoms. The smallest absolute Gasteiger partial charge is 0.325 e. The van der Waals surface area contributed by atoms with Crippen LogP contribution in [0.15, 0.2) is 18.2 Å². The molecule has 1 aliphatic carbocycles. The van der Waals surface area contributed by atoms with Gasteiger partial charge < -0.3 is 15.5 Å². The summed E-state index contributed by atoms with van der Waals surface area (Å²) in [5.41, 5.74) is 0.777. The zero-order valence-corrected chi connectivity index (χ0v) is 16.4. The summed E-state index contributed by atoms with van der Waals surface area (Å²) in [6.45, 7) is 4.74. The normalized spacial score (nSPS) is 18.9. The van der Waals surface area contributed by atoms with Gasteiger partial charge in [-0.25, -0.2) is 4.79 Å². The topological polar surface area (TPSA) is 108 Å². The minimum atomic E-state index is -1.08. The zero-order chi connectivity index (χ0) is 20.5. The first-order valence-electron chi connectivity index (χ1n) is 9.53. The molecule has 8 heteroatoms. The number of nitrogens with zero attached hydrogens (tertiary/aromatic N) is 1. The monoisotopic (exact) mass is 386 g/mol. The Labute approximate surface area is 164 Å². The Hall–Kier alpha value is -2.90. The summed E-state index contributed by atoms with van der Waals surface area (Å²) in [4.78, 5) is 49.6. The molecule has 1 aliphatic heterocycles. The van der Waals surface area contributed by atoms with Gasteiger partial charge in [0.15, 0.2) is 0 Å². The molecule has 1 saturated heterocycles. The van der Waals surface area contributed by atoms with E-state index in [1.807, 2.05) is 0 Å². The summed E-state index contributed by atoms with van der Waals surface area (Å²) in [6, 6.07) is 4.74. The quantitative estimate of drug-likeness (QED) is 0.672. The summed E-state index contributed by atoms with van der Waals surface area (Å²) in [7, 11) is 0. The predicted molar refractivity (Wildman–Crippen MR) is 104 cm³/mol. The number of carbonyl (C=O) groups excluding carboxylic acids is 4. The Balaban J connectivity index is 1.62. The van der Waals surface area contributed by atoms with Gasteiger partial charge in [0, 0.05) is 17.3 Å². The van der Waals surface area contributed by atoms with E-state index in [9.17, 15) is 19.2 Å². The van der Waals surface area contributed by atoms with Crippen LogP contribution < -0.4 is 16.0 Å². The third-order valence-corrected chi connectivity index (χ3v) is 5.45. The molecule has 3 rings (SSSR count). The van der Waals surface area contributed by atoms with Crippen molar-refractivity contribution in [2.75, 3.05) is 11.9 Å². The van der Waals surface area contributed by atoms with E-state index in [1.54, 1.807) is 39.0 Å². The Morgan fingerprint density at radius 2 is 1.89 bits per heavy atom. The molecule has 1 aromatic rings. The van der Waals surface area contributed by atoms with Crippen LogP contribution in [0.5, 0.6) is 0 Å². The lowest BCUT2D eigenvalue weighted by Crippen LogP contribution is -2.47. The summed E-state index contributed by atoms with van der Waals surface area (Å²) >= 11 is 0. The highest BCUT2D eigenvalue weighted by molar-refractivity contribution is 6.08. The number of aryl methyl sites for hydroxylation is 1. The molecule has 1 aromatic carbocycles. The van der Waals surface area contributed by atoms with Gasteiger partial charge in [-0.15, -0.1) is 0 Å². The van der Waals surface area contributed by atoms with Gasteiger partial charge in [0.05, 0.1) is 0 Å². The molecule has 1 saturated carbocycles. The van der Waals surface area contributed by atoms with Crippen LogP contribution in [-0.4, -0.2) is 46.8 Å². The average molecular weight is 386 g/mol. The summed E-state index contributed by atoms with van der Waals surface area (Å²) < 4.78 is 0. The molecule has 0 aromatic heterocycles. The molecular formula is C20H26N4O4. The molecule has 150 valence electrons. The van der Waals surface area contributed by atoms with Gasteiger partial charge in [-0.2, -0.15) is 0 Å². The number of amides is 5. The molecule has 0 radical (unpaired) electrons. The predicted octanol–water partition coefficient (Wildman–Crippen LogP) is 1.94. The Morgan fingerprint density at radius 1 is 1.21 bits per heavy atom. The highest BCUT2D eigenvalue weighted by atomic mass is 16.2. The molecule has 0 bridgehead atoms. The summed E-state index contributed by atoms with van der Waals surface area (Å²) in [5, 5.41) is 8.00. The van der Waals surface area contributed by atoms with E-state index < -0.39 is 23.4 Å². The maximum absolute atomic E-state index is 12.4. The number of urea groups is 1. The van der Waals surface area contributed by atoms with Gasteiger partial charge in [-0.05, 0) is 57.4 Å². The molecule has 0 unspecified atom stereocenters. The van der Waals surface area contributed by atoms with Crippen LogP contribution in [0.4, 0.5) is 10.5 Å². The third kappa shape index (κ3) is 4.00. The van der Waals surface area contributed by atoms with Crippen molar-refractivity contribution >= 4 is 29.4 Å². The van der Waals surface area contributed by atoms with Gasteiger partial charge >= 0.3 is 6.03 Å². The van der Waals surface area contributed by atoms with E-state index in [-0.39, 0.29) is 18.5 Å². The second-order valence-electron chi connectivity index (χ2n) is 7.94. The van der Waals surface area contributed by atoms with Crippen LogP contribution in [0.25, 0.3) is 0 Å². The first kappa shape index (κ1) is 19.9. The van der Waals surface area contributed by atoms with Crippen molar-refractivity contribution in [3.63, 3.8) is 0 Å². The summed E-state index contributed by atoms with van der Waals surface area (Å²) in [5.74, 6) is -0.954. The van der Waals surface area contributed by atoms with E-state index in [4.69, 9.17) is 0 Å². The van der Waals surface area contributed by atoms with Crippen molar-refractivity contribution in [1.29, 1.82) is 0 Å². The molecular weight excluding hydrogens is 360 g/mol. The number of nitrogens with one attached hydrogen (secondary N) is 3. The zero-order valence-electron chi connectivity index (χ0n) is 16.4. The van der Waals surface area contributed by atoms with Gasteiger partial charge in [-0.3, -0.25) is 19.7 Å². The first-order valence-corrected chi connectivity index (χ1v) is 9.53. The maximum atomic E-state index is 12.4. The number of rotatable bonds is 5. The van der Waals surface area contributed by atoms with E-state index >= 15 is 0 Å². The highest BCUT2D eigenvalue weighted by Crippen LogP contribution is 2.22. The maximum Gasteiger partial charge on any atom is 0.325 e. The fraction of sp³-hybridized carbons (Fsp3) is 0.500. The fourth-order valence-electron chi connectivity index (χ4n) is 3.58. The number of hydrogen-bond donors (Lipinski definition) is 3. The van der Waals surface area contributed by atoms with Gasteiger partial charge in [-0.1, -0.05) is 12.8 Å². The van der Waals surface area contributed by atoms with Crippen molar-refractivity contribution in [2.24, 2.45) is 0 Å². The fourth-order valence-corrected chi connectivity index (χ4v) is 3.58. The minimum absolute atomic E-state index is 0.109. The van der Waals surface area contributed by atoms with Crippen LogP contribution in [0.2, 0.25) is 0 Å². The van der Waals surface area contributed by atoms with Crippen LogP contribution in [0.3, 0.4) is 0 Å². The van der Waals surface area contributed by atoms with E-state index in [0.29, 0.717) is 11.3 Å². The summed E-state index contributed by atoms with van der Waals surface area (Å²) in [6.07, 6.45) is 4.32. The van der Waals surface area contributed by atoms with E-state index in [2.05, 4.69) is 16.0 Å². The number of benzene rings is 1. The van der Waals surface area contributed by atoms with E-state index in [1.165, 1.54) is 4.90 Å². The second-order valence-corrected chi connectivity index (χ2v) is 7.94. The highest BCUT2D eigenvalue weighted by Gasteiger charge is 2.46. The van der Waals surface area contributed by atoms with Crippen molar-refractivity contribution in [3.05, 3.63) is 29.3 Å². The molecule has 0 spiro atoms. The third-order valence-electron chi connectivity index (χ3n) is 5.45. The van der Waals surface area contributed by atoms with Crippen molar-refractivity contribution < 1.29 is 19.2 Å². The number of imide groups is 1. The molecule has 0 atom stereocenters. The van der Waals surface area contributed by atoms with Crippen LogP contribution >= 0.6 is 0 Å².